The van der Waals surface area contributed by atoms with Crippen LogP contribution in [0.2, 0.25) is 10.0 Å². The zero-order valence-electron chi connectivity index (χ0n) is 14.3. The molecule has 3 aromatic heterocycles. The van der Waals surface area contributed by atoms with Crippen LogP contribution in [0.3, 0.4) is 0 Å². The number of pyridine rings is 1. The molecule has 0 spiro atoms. The van der Waals surface area contributed by atoms with Gasteiger partial charge in [-0.25, -0.2) is 15.0 Å². The van der Waals surface area contributed by atoms with E-state index in [0.29, 0.717) is 38.3 Å². The summed E-state index contributed by atoms with van der Waals surface area (Å²) < 4.78 is 7.08. The lowest BCUT2D eigenvalue weighted by Crippen LogP contribution is -2.12. The van der Waals surface area contributed by atoms with Gasteiger partial charge in [0.05, 0.1) is 29.7 Å². The highest BCUT2D eigenvalue weighted by Crippen LogP contribution is 2.33. The van der Waals surface area contributed by atoms with Gasteiger partial charge in [0.2, 0.25) is 0 Å². The molecule has 0 fully saturated rings. The minimum Gasteiger partial charge on any atom is -0.494 e. The molecule has 4 aromatic rings. The first-order valence-corrected chi connectivity index (χ1v) is 8.65. The van der Waals surface area contributed by atoms with E-state index in [4.69, 9.17) is 27.9 Å². The van der Waals surface area contributed by atoms with Crippen molar-refractivity contribution < 1.29 is 4.74 Å². The second-order valence-electron chi connectivity index (χ2n) is 5.84. The van der Waals surface area contributed by atoms with Crippen molar-refractivity contribution in [2.45, 2.75) is 0 Å². The van der Waals surface area contributed by atoms with Crippen LogP contribution in [0.25, 0.3) is 33.7 Å². The van der Waals surface area contributed by atoms with Crippen LogP contribution in [0.5, 0.6) is 5.75 Å². The number of hydrogen-bond acceptors (Lipinski definition) is 5. The van der Waals surface area contributed by atoms with Crippen molar-refractivity contribution >= 4 is 34.1 Å². The van der Waals surface area contributed by atoms with Crippen LogP contribution in [0.4, 0.5) is 0 Å². The molecule has 0 bridgehead atoms. The number of benzene rings is 1. The summed E-state index contributed by atoms with van der Waals surface area (Å²) >= 11 is 12.4. The summed E-state index contributed by atoms with van der Waals surface area (Å²) in [6, 6.07) is 5.13. The monoisotopic (exact) mass is 401 g/mol. The molecule has 1 aromatic carbocycles. The van der Waals surface area contributed by atoms with Gasteiger partial charge in [0.25, 0.3) is 5.56 Å². The normalized spacial score (nSPS) is 11.1. The molecule has 1 N–H and O–H groups in total. The van der Waals surface area contributed by atoms with E-state index in [2.05, 4.69) is 19.9 Å². The number of hydrogen-bond donors (Lipinski definition) is 1. The Hall–Kier alpha value is -2.90. The molecule has 0 radical (unpaired) electrons. The molecule has 0 saturated carbocycles. The number of rotatable bonds is 3. The number of aromatic nitrogens is 5. The Labute approximate surface area is 163 Å². The first-order chi connectivity index (χ1) is 13.0. The zero-order valence-corrected chi connectivity index (χ0v) is 15.8. The summed E-state index contributed by atoms with van der Waals surface area (Å²) in [5.74, 6) is 0.606. The number of nitrogens with one attached hydrogen (secondary N) is 1. The average molecular weight is 402 g/mol. The molecule has 9 heteroatoms. The molecular weight excluding hydrogens is 389 g/mol. The summed E-state index contributed by atoms with van der Waals surface area (Å²) in [5.41, 5.74) is 1.56. The van der Waals surface area contributed by atoms with Crippen molar-refractivity contribution in [1.82, 2.24) is 24.5 Å². The SMILES string of the molecule is COc1cnc(-c2cn(C)cn2)c2nc(-c3cccc(Cl)c3Cl)[nH]c(=O)c12. The van der Waals surface area contributed by atoms with Gasteiger partial charge in [0.1, 0.15) is 28.1 Å². The summed E-state index contributed by atoms with van der Waals surface area (Å²) in [7, 11) is 3.32. The first-order valence-electron chi connectivity index (χ1n) is 7.89. The van der Waals surface area contributed by atoms with Gasteiger partial charge in [0.15, 0.2) is 5.75 Å². The maximum Gasteiger partial charge on any atom is 0.262 e. The lowest BCUT2D eigenvalue weighted by molar-refractivity contribution is 0.417. The fraction of sp³-hybridized carbons (Fsp3) is 0.111. The predicted molar refractivity (Wildman–Crippen MR) is 104 cm³/mol. The average Bonchev–Trinajstić information content (AvgIpc) is 3.09. The lowest BCUT2D eigenvalue weighted by atomic mass is 10.1. The fourth-order valence-corrected chi connectivity index (χ4v) is 3.20. The summed E-state index contributed by atoms with van der Waals surface area (Å²) in [5, 5.41) is 0.956. The molecule has 4 rings (SSSR count). The number of H-pyrrole nitrogens is 1. The highest BCUT2D eigenvalue weighted by molar-refractivity contribution is 6.43. The Bertz CT molecular complexity index is 1230. The number of fused-ring (bicyclic) bond motifs is 1. The van der Waals surface area contributed by atoms with Crippen LogP contribution in [-0.2, 0) is 7.05 Å². The lowest BCUT2D eigenvalue weighted by Gasteiger charge is -2.10. The van der Waals surface area contributed by atoms with Gasteiger partial charge >= 0.3 is 0 Å². The fourth-order valence-electron chi connectivity index (χ4n) is 2.81. The van der Waals surface area contributed by atoms with Gasteiger partial charge in [-0.05, 0) is 12.1 Å². The van der Waals surface area contributed by atoms with E-state index in [0.717, 1.165) is 0 Å². The maximum atomic E-state index is 12.8. The molecule has 0 atom stereocenters. The molecule has 0 amide bonds. The molecule has 136 valence electrons. The Kier molecular flexibility index (Phi) is 4.33. The van der Waals surface area contributed by atoms with Gasteiger partial charge in [-0.3, -0.25) is 4.79 Å². The van der Waals surface area contributed by atoms with Gasteiger partial charge in [-0.15, -0.1) is 0 Å². The van der Waals surface area contributed by atoms with Crippen molar-refractivity contribution in [2.24, 2.45) is 7.05 Å². The molecular formula is C18H13Cl2N5O2. The number of aryl methyl sites for hydroxylation is 1. The van der Waals surface area contributed by atoms with Crippen LogP contribution in [0, 0.1) is 0 Å². The smallest absolute Gasteiger partial charge is 0.262 e. The molecule has 0 aliphatic carbocycles. The maximum absolute atomic E-state index is 12.8. The van der Waals surface area contributed by atoms with Gasteiger partial charge in [-0.2, -0.15) is 0 Å². The van der Waals surface area contributed by atoms with E-state index < -0.39 is 0 Å². The zero-order chi connectivity index (χ0) is 19.1. The van der Waals surface area contributed by atoms with E-state index in [1.54, 1.807) is 35.3 Å². The highest BCUT2D eigenvalue weighted by atomic mass is 35.5. The van der Waals surface area contributed by atoms with Crippen LogP contribution < -0.4 is 10.3 Å². The Morgan fingerprint density at radius 2 is 2.04 bits per heavy atom. The predicted octanol–water partition coefficient (Wildman–Crippen LogP) is 3.70. The van der Waals surface area contributed by atoms with Crippen LogP contribution >= 0.6 is 23.2 Å². The van der Waals surface area contributed by atoms with Gasteiger partial charge in [0, 0.05) is 18.8 Å². The van der Waals surface area contributed by atoms with E-state index in [1.807, 2.05) is 7.05 Å². The Morgan fingerprint density at radius 3 is 2.74 bits per heavy atom. The van der Waals surface area contributed by atoms with Crippen molar-refractivity contribution in [3.8, 4) is 28.5 Å². The number of imidazole rings is 1. The van der Waals surface area contributed by atoms with E-state index >= 15 is 0 Å². The number of halogens is 2. The topological polar surface area (TPSA) is 85.7 Å². The molecule has 7 nitrogen and oxygen atoms in total. The molecule has 27 heavy (non-hydrogen) atoms. The molecule has 0 aliphatic heterocycles. The highest BCUT2D eigenvalue weighted by Gasteiger charge is 2.19. The second-order valence-corrected chi connectivity index (χ2v) is 6.62. The minimum absolute atomic E-state index is 0.284. The summed E-state index contributed by atoms with van der Waals surface area (Å²) in [6.07, 6.45) is 4.92. The van der Waals surface area contributed by atoms with E-state index in [1.165, 1.54) is 13.3 Å². The quantitative estimate of drug-likeness (QED) is 0.565. The molecule has 0 aliphatic rings. The molecule has 0 saturated heterocycles. The van der Waals surface area contributed by atoms with Crippen LogP contribution in [0.15, 0.2) is 41.7 Å². The van der Waals surface area contributed by atoms with Crippen molar-refractivity contribution in [1.29, 1.82) is 0 Å². The molecule has 3 heterocycles. The number of methoxy groups -OCH3 is 1. The summed E-state index contributed by atoms with van der Waals surface area (Å²) in [6.45, 7) is 0. The van der Waals surface area contributed by atoms with Gasteiger partial charge in [-0.1, -0.05) is 29.3 Å². The van der Waals surface area contributed by atoms with Crippen LogP contribution in [-0.4, -0.2) is 31.6 Å². The number of nitrogens with zero attached hydrogens (tertiary/aromatic N) is 4. The third-order valence-corrected chi connectivity index (χ3v) is 4.89. The standard InChI is InChI=1S/C18H13Cl2N5O2/c1-25-7-11(22-8-25)15-16-13(12(27-2)6-21-15)18(26)24-17(23-16)9-4-3-5-10(19)14(9)20/h3-8H,1-2H3,(H,23,24,26). The van der Waals surface area contributed by atoms with E-state index in [9.17, 15) is 4.79 Å². The Balaban J connectivity index is 2.08. The second kappa shape index (κ2) is 6.68. The Morgan fingerprint density at radius 1 is 1.22 bits per heavy atom. The third kappa shape index (κ3) is 2.94. The van der Waals surface area contributed by atoms with Crippen molar-refractivity contribution in [2.75, 3.05) is 7.11 Å². The number of ether oxygens (including phenoxy) is 1. The van der Waals surface area contributed by atoms with Gasteiger partial charge < -0.3 is 14.3 Å². The number of aromatic amines is 1. The molecule has 0 unspecified atom stereocenters. The minimum atomic E-state index is -0.373. The van der Waals surface area contributed by atoms with E-state index in [-0.39, 0.29) is 16.8 Å². The summed E-state index contributed by atoms with van der Waals surface area (Å²) in [4.78, 5) is 28.9. The van der Waals surface area contributed by atoms with Crippen LogP contribution in [0.1, 0.15) is 0 Å². The third-order valence-electron chi connectivity index (χ3n) is 4.08. The van der Waals surface area contributed by atoms with Crippen molar-refractivity contribution in [3.63, 3.8) is 0 Å². The van der Waals surface area contributed by atoms with Crippen molar-refractivity contribution in [3.05, 3.63) is 57.3 Å². The largest absolute Gasteiger partial charge is 0.494 e. The first kappa shape index (κ1) is 17.5.